The van der Waals surface area contributed by atoms with Gasteiger partial charge in [-0.3, -0.25) is 9.59 Å². The topological polar surface area (TPSA) is 102 Å². The molecule has 0 aromatic rings. The summed E-state index contributed by atoms with van der Waals surface area (Å²) in [7, 11) is 0. The average Bonchev–Trinajstić information content (AvgIpc) is 2.70. The van der Waals surface area contributed by atoms with Crippen molar-refractivity contribution < 1.29 is 34.0 Å². The van der Waals surface area contributed by atoms with Gasteiger partial charge in [-0.15, -0.1) is 0 Å². The standard InChI is InChI=1S/C26H40O7/c1-8-9-21(29)32-25(7)10-11-26(30)15(4)12-19(28)22-16(5)20(31-17(6)27)13-18(14(2)3)23(22)24(25)33-26/h12,14,18-20,22-24,28,30H,5,8-11,13H2,1-4,6-7H3. The van der Waals surface area contributed by atoms with E-state index in [-0.39, 0.29) is 30.1 Å². The van der Waals surface area contributed by atoms with Crippen LogP contribution in [-0.4, -0.2) is 51.9 Å². The summed E-state index contributed by atoms with van der Waals surface area (Å²) in [6.45, 7) is 15.3. The molecule has 0 spiro atoms. The molecule has 8 unspecified atom stereocenters. The van der Waals surface area contributed by atoms with E-state index in [4.69, 9.17) is 14.2 Å². The Labute approximate surface area is 197 Å². The second-order valence-corrected chi connectivity index (χ2v) is 10.6. The minimum absolute atomic E-state index is 0.0251. The summed E-state index contributed by atoms with van der Waals surface area (Å²) in [5.74, 6) is -2.87. The highest BCUT2D eigenvalue weighted by Gasteiger charge is 2.60. The van der Waals surface area contributed by atoms with E-state index in [1.54, 1.807) is 13.0 Å². The third kappa shape index (κ3) is 4.91. The zero-order chi connectivity index (χ0) is 24.7. The zero-order valence-electron chi connectivity index (χ0n) is 20.8. The van der Waals surface area contributed by atoms with Crippen LogP contribution >= 0.6 is 0 Å². The van der Waals surface area contributed by atoms with Gasteiger partial charge in [0.25, 0.3) is 0 Å². The number of aliphatic hydroxyl groups excluding tert-OH is 1. The number of ether oxygens (including phenoxy) is 3. The molecule has 0 aromatic heterocycles. The fraction of sp³-hybridized carbons (Fsp3) is 0.769. The van der Waals surface area contributed by atoms with E-state index in [9.17, 15) is 19.8 Å². The number of rotatable bonds is 5. The molecule has 1 saturated carbocycles. The zero-order valence-corrected chi connectivity index (χ0v) is 20.8. The third-order valence-electron chi connectivity index (χ3n) is 7.84. The minimum Gasteiger partial charge on any atom is -0.458 e. The summed E-state index contributed by atoms with van der Waals surface area (Å²) in [6.07, 6.45) is 1.70. The van der Waals surface area contributed by atoms with Gasteiger partial charge >= 0.3 is 11.9 Å². The number of aliphatic hydroxyl groups is 2. The number of hydrogen-bond acceptors (Lipinski definition) is 7. The highest BCUT2D eigenvalue weighted by Crippen LogP contribution is 2.54. The van der Waals surface area contributed by atoms with Gasteiger partial charge in [-0.05, 0) is 56.1 Å². The van der Waals surface area contributed by atoms with E-state index in [1.165, 1.54) is 6.92 Å². The highest BCUT2D eigenvalue weighted by molar-refractivity contribution is 5.70. The number of carbonyl (C=O) groups excluding carboxylic acids is 2. The van der Waals surface area contributed by atoms with Crippen molar-refractivity contribution in [2.24, 2.45) is 23.7 Å². The number of carbonyl (C=O) groups is 2. The van der Waals surface area contributed by atoms with E-state index in [2.05, 4.69) is 20.4 Å². The molecule has 3 aliphatic rings. The van der Waals surface area contributed by atoms with Crippen LogP contribution in [0.4, 0.5) is 0 Å². The quantitative estimate of drug-likeness (QED) is 0.473. The van der Waals surface area contributed by atoms with Gasteiger partial charge in [0, 0.05) is 31.6 Å². The van der Waals surface area contributed by atoms with Crippen molar-refractivity contribution in [3.05, 3.63) is 23.8 Å². The molecular weight excluding hydrogens is 424 g/mol. The SMILES string of the molecule is C=C1C(OC(C)=O)CC(C(C)C)C2C1C(O)C=C(C)C1(O)CCC(C)(OC(=O)CCC)C2O1. The van der Waals surface area contributed by atoms with Gasteiger partial charge in [0.2, 0.25) is 0 Å². The minimum atomic E-state index is -1.54. The second-order valence-electron chi connectivity index (χ2n) is 10.6. The molecule has 33 heavy (non-hydrogen) atoms. The van der Waals surface area contributed by atoms with E-state index >= 15 is 0 Å². The first-order chi connectivity index (χ1) is 15.3. The van der Waals surface area contributed by atoms with Crippen molar-refractivity contribution >= 4 is 11.9 Å². The Balaban J connectivity index is 2.14. The van der Waals surface area contributed by atoms with Crippen molar-refractivity contribution in [1.82, 2.24) is 0 Å². The molecule has 2 heterocycles. The molecule has 7 nitrogen and oxygen atoms in total. The second kappa shape index (κ2) is 9.51. The lowest BCUT2D eigenvalue weighted by atomic mass is 9.57. The van der Waals surface area contributed by atoms with Crippen molar-refractivity contribution in [3.63, 3.8) is 0 Å². The highest BCUT2D eigenvalue weighted by atomic mass is 16.7. The molecule has 2 aliphatic heterocycles. The predicted octanol–water partition coefficient (Wildman–Crippen LogP) is 3.67. The Bertz CT molecular complexity index is 817. The van der Waals surface area contributed by atoms with Gasteiger partial charge in [-0.2, -0.15) is 0 Å². The molecular formula is C26H40O7. The molecule has 7 heteroatoms. The van der Waals surface area contributed by atoms with Crippen molar-refractivity contribution in [2.45, 2.75) is 103 Å². The van der Waals surface area contributed by atoms with Crippen LogP contribution in [0.2, 0.25) is 0 Å². The van der Waals surface area contributed by atoms with Crippen LogP contribution in [-0.2, 0) is 23.8 Å². The maximum absolute atomic E-state index is 12.6. The van der Waals surface area contributed by atoms with E-state index < -0.39 is 41.6 Å². The van der Waals surface area contributed by atoms with Crippen LogP contribution in [0.5, 0.6) is 0 Å². The Morgan fingerprint density at radius 2 is 2.00 bits per heavy atom. The Kier molecular flexibility index (Phi) is 7.47. The van der Waals surface area contributed by atoms with Crippen LogP contribution in [0.25, 0.3) is 0 Å². The normalized spacial score (nSPS) is 40.9. The van der Waals surface area contributed by atoms with Gasteiger partial charge in [0.1, 0.15) is 17.8 Å². The Morgan fingerprint density at radius 3 is 2.58 bits per heavy atom. The largest absolute Gasteiger partial charge is 0.458 e. The Morgan fingerprint density at radius 1 is 1.33 bits per heavy atom. The van der Waals surface area contributed by atoms with Crippen LogP contribution in [0.1, 0.15) is 73.6 Å². The maximum atomic E-state index is 12.6. The average molecular weight is 465 g/mol. The first-order valence-corrected chi connectivity index (χ1v) is 12.2. The molecule has 0 amide bonds. The molecule has 3 rings (SSSR count). The fourth-order valence-electron chi connectivity index (χ4n) is 6.03. The molecule has 2 N–H and O–H groups in total. The molecule has 2 fully saturated rings. The monoisotopic (exact) mass is 464 g/mol. The predicted molar refractivity (Wildman–Crippen MR) is 123 cm³/mol. The summed E-state index contributed by atoms with van der Waals surface area (Å²) in [5.41, 5.74) is 0.176. The summed E-state index contributed by atoms with van der Waals surface area (Å²) in [4.78, 5) is 24.4. The third-order valence-corrected chi connectivity index (χ3v) is 7.84. The lowest BCUT2D eigenvalue weighted by Gasteiger charge is -2.57. The summed E-state index contributed by atoms with van der Waals surface area (Å²) >= 11 is 0. The number of fused-ring (bicyclic) bond motifs is 4. The van der Waals surface area contributed by atoms with Gasteiger partial charge in [0.15, 0.2) is 5.79 Å². The van der Waals surface area contributed by atoms with Crippen LogP contribution in [0, 0.1) is 23.7 Å². The molecule has 8 atom stereocenters. The van der Waals surface area contributed by atoms with Gasteiger partial charge < -0.3 is 24.4 Å². The first kappa shape index (κ1) is 25.9. The van der Waals surface area contributed by atoms with Crippen LogP contribution in [0.3, 0.4) is 0 Å². The van der Waals surface area contributed by atoms with E-state index in [0.29, 0.717) is 36.8 Å². The molecule has 1 aliphatic carbocycles. The smallest absolute Gasteiger partial charge is 0.306 e. The first-order valence-electron chi connectivity index (χ1n) is 12.2. The molecule has 186 valence electrons. The van der Waals surface area contributed by atoms with Crippen LogP contribution in [0.15, 0.2) is 23.8 Å². The summed E-state index contributed by atoms with van der Waals surface area (Å²) < 4.78 is 18.1. The van der Waals surface area contributed by atoms with Crippen molar-refractivity contribution in [1.29, 1.82) is 0 Å². The maximum Gasteiger partial charge on any atom is 0.306 e. The van der Waals surface area contributed by atoms with E-state index in [1.807, 2.05) is 13.8 Å². The van der Waals surface area contributed by atoms with Gasteiger partial charge in [-0.25, -0.2) is 0 Å². The molecule has 0 aromatic carbocycles. The molecule has 2 bridgehead atoms. The van der Waals surface area contributed by atoms with Crippen LogP contribution < -0.4 is 0 Å². The summed E-state index contributed by atoms with van der Waals surface area (Å²) in [5, 5.41) is 22.7. The van der Waals surface area contributed by atoms with Gasteiger partial charge in [-0.1, -0.05) is 33.4 Å². The van der Waals surface area contributed by atoms with Gasteiger partial charge in [0.05, 0.1) is 6.10 Å². The van der Waals surface area contributed by atoms with E-state index in [0.717, 1.165) is 0 Å². The Hall–Kier alpha value is -1.70. The van der Waals surface area contributed by atoms with Crippen molar-refractivity contribution in [2.75, 3.05) is 0 Å². The lowest BCUT2D eigenvalue weighted by Crippen LogP contribution is -2.64. The number of hydrogen-bond donors (Lipinski definition) is 2. The number of esters is 2. The molecule has 0 radical (unpaired) electrons. The molecule has 1 saturated heterocycles. The van der Waals surface area contributed by atoms with Crippen molar-refractivity contribution in [3.8, 4) is 0 Å². The summed E-state index contributed by atoms with van der Waals surface area (Å²) in [6, 6.07) is 0. The fourth-order valence-corrected chi connectivity index (χ4v) is 6.03. The lowest BCUT2D eigenvalue weighted by molar-refractivity contribution is -0.308.